The van der Waals surface area contributed by atoms with E-state index >= 15 is 0 Å². The molecule has 0 saturated carbocycles. The highest BCUT2D eigenvalue weighted by molar-refractivity contribution is 5.78. The highest BCUT2D eigenvalue weighted by Gasteiger charge is 2.12. The number of imidazole rings is 1. The van der Waals surface area contributed by atoms with Crippen LogP contribution in [0.1, 0.15) is 18.9 Å². The van der Waals surface area contributed by atoms with Crippen LogP contribution in [0.4, 0.5) is 5.95 Å². The first-order valence-corrected chi connectivity index (χ1v) is 8.63. The number of nitrogens with zero attached hydrogens (tertiary/aromatic N) is 3. The van der Waals surface area contributed by atoms with Crippen LogP contribution in [0.3, 0.4) is 0 Å². The SMILES string of the molecule is CCCn1c(NCc2cn[nH]c2-c2ccccc2)nc2ccccc21. The van der Waals surface area contributed by atoms with Crippen molar-refractivity contribution in [1.29, 1.82) is 0 Å². The van der Waals surface area contributed by atoms with E-state index in [9.17, 15) is 0 Å². The first-order valence-electron chi connectivity index (χ1n) is 8.63. The lowest BCUT2D eigenvalue weighted by Crippen LogP contribution is -2.07. The van der Waals surface area contributed by atoms with Crippen molar-refractivity contribution in [3.05, 3.63) is 66.4 Å². The normalized spacial score (nSPS) is 11.1. The molecule has 2 N–H and O–H groups in total. The molecule has 2 aromatic carbocycles. The van der Waals surface area contributed by atoms with Gasteiger partial charge in [0.15, 0.2) is 0 Å². The highest BCUT2D eigenvalue weighted by atomic mass is 15.2. The molecular formula is C20H21N5. The molecule has 0 aliphatic heterocycles. The number of aryl methyl sites for hydroxylation is 1. The molecule has 0 amide bonds. The lowest BCUT2D eigenvalue weighted by Gasteiger charge is -2.10. The Kier molecular flexibility index (Phi) is 4.21. The quantitative estimate of drug-likeness (QED) is 0.549. The first kappa shape index (κ1) is 15.4. The Labute approximate surface area is 146 Å². The number of nitrogens with one attached hydrogen (secondary N) is 2. The van der Waals surface area contributed by atoms with E-state index < -0.39 is 0 Å². The Bertz CT molecular complexity index is 968. The molecule has 5 nitrogen and oxygen atoms in total. The number of benzene rings is 2. The highest BCUT2D eigenvalue weighted by Crippen LogP contribution is 2.23. The van der Waals surface area contributed by atoms with Gasteiger partial charge in [-0.3, -0.25) is 5.10 Å². The molecule has 0 spiro atoms. The van der Waals surface area contributed by atoms with Crippen molar-refractivity contribution < 1.29 is 0 Å². The molecule has 0 radical (unpaired) electrons. The monoisotopic (exact) mass is 331 g/mol. The minimum absolute atomic E-state index is 0.674. The van der Waals surface area contributed by atoms with Crippen LogP contribution in [0.2, 0.25) is 0 Å². The number of hydrogen-bond acceptors (Lipinski definition) is 3. The zero-order valence-electron chi connectivity index (χ0n) is 14.2. The van der Waals surface area contributed by atoms with Gasteiger partial charge in [-0.25, -0.2) is 4.98 Å². The predicted molar refractivity (Wildman–Crippen MR) is 101 cm³/mol. The molecule has 0 aliphatic carbocycles. The third kappa shape index (κ3) is 3.01. The van der Waals surface area contributed by atoms with Gasteiger partial charge in [0.05, 0.1) is 22.9 Å². The maximum atomic E-state index is 4.75. The number of fused-ring (bicyclic) bond motifs is 1. The van der Waals surface area contributed by atoms with Crippen molar-refractivity contribution >= 4 is 17.0 Å². The number of aromatic nitrogens is 4. The van der Waals surface area contributed by atoms with Gasteiger partial charge in [-0.05, 0) is 24.1 Å². The van der Waals surface area contributed by atoms with Crippen LogP contribution in [-0.4, -0.2) is 19.7 Å². The van der Waals surface area contributed by atoms with Gasteiger partial charge in [-0.2, -0.15) is 5.10 Å². The van der Waals surface area contributed by atoms with Crippen molar-refractivity contribution in [3.63, 3.8) is 0 Å². The topological polar surface area (TPSA) is 58.5 Å². The summed E-state index contributed by atoms with van der Waals surface area (Å²) in [6, 6.07) is 18.5. The number of para-hydroxylation sites is 2. The molecule has 0 fully saturated rings. The molecule has 0 aliphatic rings. The standard InChI is InChI=1S/C20H21N5/c1-2-12-25-18-11-7-6-10-17(18)23-20(25)21-13-16-14-22-24-19(16)15-8-4-3-5-9-15/h3-11,14H,2,12-13H2,1H3,(H,21,23)(H,22,24). The second-order valence-corrected chi connectivity index (χ2v) is 6.07. The smallest absolute Gasteiger partial charge is 0.204 e. The Morgan fingerprint density at radius 1 is 1.04 bits per heavy atom. The average Bonchev–Trinajstić information content (AvgIpc) is 3.26. The molecule has 5 heteroatoms. The van der Waals surface area contributed by atoms with Gasteiger partial charge >= 0.3 is 0 Å². The summed E-state index contributed by atoms with van der Waals surface area (Å²) in [6.07, 6.45) is 2.94. The number of H-pyrrole nitrogens is 1. The van der Waals surface area contributed by atoms with Crippen LogP contribution in [0, 0.1) is 0 Å². The van der Waals surface area contributed by atoms with Crippen LogP contribution >= 0.6 is 0 Å². The van der Waals surface area contributed by atoms with Crippen molar-refractivity contribution in [2.24, 2.45) is 0 Å². The molecule has 126 valence electrons. The Hall–Kier alpha value is -3.08. The van der Waals surface area contributed by atoms with Crippen LogP contribution in [-0.2, 0) is 13.1 Å². The number of aromatic amines is 1. The number of anilines is 1. The van der Waals surface area contributed by atoms with Crippen molar-refractivity contribution in [3.8, 4) is 11.3 Å². The summed E-state index contributed by atoms with van der Waals surface area (Å²) in [5.41, 5.74) is 5.50. The molecule has 0 unspecified atom stereocenters. The first-order chi connectivity index (χ1) is 12.4. The van der Waals surface area contributed by atoms with Crippen LogP contribution in [0.25, 0.3) is 22.3 Å². The largest absolute Gasteiger partial charge is 0.351 e. The van der Waals surface area contributed by atoms with Crippen LogP contribution in [0.15, 0.2) is 60.8 Å². The summed E-state index contributed by atoms with van der Waals surface area (Å²) in [4.78, 5) is 4.75. The molecular weight excluding hydrogens is 310 g/mol. The van der Waals surface area contributed by atoms with Gasteiger partial charge in [-0.15, -0.1) is 0 Å². The summed E-state index contributed by atoms with van der Waals surface area (Å²) in [5, 5.41) is 10.8. The number of hydrogen-bond donors (Lipinski definition) is 2. The summed E-state index contributed by atoms with van der Waals surface area (Å²) < 4.78 is 2.25. The zero-order valence-corrected chi connectivity index (χ0v) is 14.2. The fourth-order valence-corrected chi connectivity index (χ4v) is 3.13. The molecule has 2 heterocycles. The van der Waals surface area contributed by atoms with Crippen LogP contribution < -0.4 is 5.32 Å². The third-order valence-electron chi connectivity index (χ3n) is 4.32. The van der Waals surface area contributed by atoms with Gasteiger partial charge in [0.1, 0.15) is 0 Å². The van der Waals surface area contributed by atoms with E-state index in [4.69, 9.17) is 4.98 Å². The van der Waals surface area contributed by atoms with E-state index in [0.717, 1.165) is 41.3 Å². The molecule has 0 saturated heterocycles. The summed E-state index contributed by atoms with van der Waals surface area (Å²) >= 11 is 0. The second-order valence-electron chi connectivity index (χ2n) is 6.07. The van der Waals surface area contributed by atoms with Gasteiger partial charge < -0.3 is 9.88 Å². The maximum absolute atomic E-state index is 4.75. The fourth-order valence-electron chi connectivity index (χ4n) is 3.13. The Balaban J connectivity index is 1.61. The van der Waals surface area contributed by atoms with Crippen LogP contribution in [0.5, 0.6) is 0 Å². The fraction of sp³-hybridized carbons (Fsp3) is 0.200. The van der Waals surface area contributed by atoms with Gasteiger partial charge in [0, 0.05) is 18.7 Å². The van der Waals surface area contributed by atoms with E-state index in [1.54, 1.807) is 0 Å². The van der Waals surface area contributed by atoms with Crippen molar-refractivity contribution in [2.45, 2.75) is 26.4 Å². The van der Waals surface area contributed by atoms with E-state index in [-0.39, 0.29) is 0 Å². The maximum Gasteiger partial charge on any atom is 0.204 e. The lowest BCUT2D eigenvalue weighted by molar-refractivity contribution is 0.700. The van der Waals surface area contributed by atoms with E-state index in [0.29, 0.717) is 6.54 Å². The molecule has 4 rings (SSSR count). The minimum atomic E-state index is 0.674. The van der Waals surface area contributed by atoms with Gasteiger partial charge in [-0.1, -0.05) is 49.4 Å². The lowest BCUT2D eigenvalue weighted by atomic mass is 10.1. The van der Waals surface area contributed by atoms with Crippen molar-refractivity contribution in [2.75, 3.05) is 5.32 Å². The average molecular weight is 331 g/mol. The molecule has 2 aromatic heterocycles. The second kappa shape index (κ2) is 6.81. The van der Waals surface area contributed by atoms with E-state index in [1.165, 1.54) is 5.52 Å². The molecule has 0 bridgehead atoms. The molecule has 25 heavy (non-hydrogen) atoms. The van der Waals surface area contributed by atoms with Crippen molar-refractivity contribution in [1.82, 2.24) is 19.7 Å². The van der Waals surface area contributed by atoms with E-state index in [2.05, 4.69) is 57.3 Å². The number of rotatable bonds is 6. The third-order valence-corrected chi connectivity index (χ3v) is 4.32. The van der Waals surface area contributed by atoms with Gasteiger partial charge in [0.25, 0.3) is 0 Å². The zero-order chi connectivity index (χ0) is 17.1. The molecule has 4 aromatic rings. The predicted octanol–water partition coefficient (Wildman–Crippen LogP) is 4.45. The summed E-state index contributed by atoms with van der Waals surface area (Å²) in [5.74, 6) is 0.906. The van der Waals surface area contributed by atoms with Gasteiger partial charge in [0.2, 0.25) is 5.95 Å². The summed E-state index contributed by atoms with van der Waals surface area (Å²) in [6.45, 7) is 3.80. The minimum Gasteiger partial charge on any atom is -0.351 e. The molecule has 0 atom stereocenters. The summed E-state index contributed by atoms with van der Waals surface area (Å²) in [7, 11) is 0. The Morgan fingerprint density at radius 2 is 1.84 bits per heavy atom. The van der Waals surface area contributed by atoms with E-state index in [1.807, 2.05) is 30.5 Å². The Morgan fingerprint density at radius 3 is 2.68 bits per heavy atom.